The van der Waals surface area contributed by atoms with Crippen molar-refractivity contribution in [3.63, 3.8) is 0 Å². The lowest BCUT2D eigenvalue weighted by atomic mass is 9.61. The van der Waals surface area contributed by atoms with E-state index in [2.05, 4.69) is 48.2 Å². The van der Waals surface area contributed by atoms with Crippen LogP contribution in [0.15, 0.2) is 5.38 Å². The van der Waals surface area contributed by atoms with E-state index in [0.717, 1.165) is 82.3 Å². The number of piperidine rings is 1. The largest absolute Gasteiger partial charge is 0.379 e. The minimum absolute atomic E-state index is 0.0470. The van der Waals surface area contributed by atoms with E-state index in [1.807, 2.05) is 0 Å². The molecule has 0 spiro atoms. The number of carbonyl (C=O) groups is 1. The lowest BCUT2D eigenvalue weighted by Gasteiger charge is -2.53. The summed E-state index contributed by atoms with van der Waals surface area (Å²) in [6, 6.07) is 0.608. The van der Waals surface area contributed by atoms with Gasteiger partial charge in [0.2, 0.25) is 5.91 Å². The number of ether oxygens (including phenoxy) is 1. The molecular formula is C24H40N4O2S. The number of nitrogens with zero attached hydrogens (tertiary/aromatic N) is 3. The summed E-state index contributed by atoms with van der Waals surface area (Å²) < 4.78 is 5.56. The van der Waals surface area contributed by atoms with Gasteiger partial charge in [0.1, 0.15) is 5.01 Å². The maximum atomic E-state index is 13.7. The van der Waals surface area contributed by atoms with Gasteiger partial charge < -0.3 is 15.0 Å². The van der Waals surface area contributed by atoms with Gasteiger partial charge in [0.05, 0.1) is 30.9 Å². The topological polar surface area (TPSA) is 57.7 Å². The summed E-state index contributed by atoms with van der Waals surface area (Å²) in [5.74, 6) is 0.724. The molecule has 1 saturated carbocycles. The number of fused-ring (bicyclic) bond motifs is 1. The third-order valence-electron chi connectivity index (χ3n) is 7.74. The number of amides is 1. The van der Waals surface area contributed by atoms with Crippen molar-refractivity contribution in [1.82, 2.24) is 20.1 Å². The smallest absolute Gasteiger partial charge is 0.228 e. The minimum atomic E-state index is -0.249. The predicted molar refractivity (Wildman–Crippen MR) is 125 cm³/mol. The molecule has 2 aliphatic heterocycles. The SMILES string of the molecule is CCN1CC[C@@H]2C[C@@H](N3CCOCC3)CC[C@@]2(C(=O)NCc2nc(C(C)(C)C)cs2)C1. The van der Waals surface area contributed by atoms with Crippen LogP contribution >= 0.6 is 11.3 Å². The molecule has 174 valence electrons. The summed E-state index contributed by atoms with van der Waals surface area (Å²) in [7, 11) is 0. The van der Waals surface area contributed by atoms with E-state index < -0.39 is 0 Å². The van der Waals surface area contributed by atoms with Gasteiger partial charge in [-0.15, -0.1) is 11.3 Å². The number of hydrogen-bond acceptors (Lipinski definition) is 6. The first-order valence-corrected chi connectivity index (χ1v) is 13.0. The minimum Gasteiger partial charge on any atom is -0.379 e. The molecule has 3 atom stereocenters. The van der Waals surface area contributed by atoms with Crippen LogP contribution in [0.2, 0.25) is 0 Å². The Labute approximate surface area is 191 Å². The van der Waals surface area contributed by atoms with Gasteiger partial charge in [-0.1, -0.05) is 27.7 Å². The second kappa shape index (κ2) is 9.46. The Morgan fingerprint density at radius 3 is 2.74 bits per heavy atom. The number of aromatic nitrogens is 1. The standard InChI is InChI=1S/C24H40N4O2S/c1-5-27-9-7-18-14-19(28-10-12-30-13-11-28)6-8-24(18,17-27)22(29)25-15-21-26-20(16-31-21)23(2,3)4/h16,18-19H,5-15,17H2,1-4H3,(H,25,29)/t18-,19+,24-/m1/s1. The zero-order valence-electron chi connectivity index (χ0n) is 19.8. The Balaban J connectivity index is 1.44. The number of likely N-dealkylation sites (tertiary alicyclic amines) is 1. The van der Waals surface area contributed by atoms with Gasteiger partial charge in [-0.25, -0.2) is 4.98 Å². The van der Waals surface area contributed by atoms with Gasteiger partial charge in [-0.2, -0.15) is 0 Å². The molecular weight excluding hydrogens is 408 g/mol. The Hall–Kier alpha value is -1.02. The fourth-order valence-electron chi connectivity index (χ4n) is 5.70. The second-order valence-corrected chi connectivity index (χ2v) is 11.6. The fourth-order valence-corrected chi connectivity index (χ4v) is 6.66. The van der Waals surface area contributed by atoms with Crippen LogP contribution in [0.4, 0.5) is 0 Å². The average Bonchev–Trinajstić information content (AvgIpc) is 3.27. The van der Waals surface area contributed by atoms with E-state index in [9.17, 15) is 4.79 Å². The van der Waals surface area contributed by atoms with Gasteiger partial charge in [-0.05, 0) is 44.7 Å². The number of thiazole rings is 1. The first-order chi connectivity index (χ1) is 14.8. The Morgan fingerprint density at radius 1 is 1.29 bits per heavy atom. The van der Waals surface area contributed by atoms with Crippen LogP contribution < -0.4 is 5.32 Å². The maximum Gasteiger partial charge on any atom is 0.228 e. The van der Waals surface area contributed by atoms with Crippen molar-refractivity contribution in [3.8, 4) is 0 Å². The van der Waals surface area contributed by atoms with E-state index in [4.69, 9.17) is 9.72 Å². The van der Waals surface area contributed by atoms with Crippen molar-refractivity contribution in [2.24, 2.45) is 11.3 Å². The zero-order valence-corrected chi connectivity index (χ0v) is 20.6. The lowest BCUT2D eigenvalue weighted by molar-refractivity contribution is -0.145. The second-order valence-electron chi connectivity index (χ2n) is 10.6. The number of nitrogens with one attached hydrogen (secondary N) is 1. The van der Waals surface area contributed by atoms with Gasteiger partial charge in [0.25, 0.3) is 0 Å². The number of rotatable bonds is 5. The Morgan fingerprint density at radius 2 is 2.06 bits per heavy atom. The highest BCUT2D eigenvalue weighted by atomic mass is 32.1. The maximum absolute atomic E-state index is 13.7. The highest BCUT2D eigenvalue weighted by molar-refractivity contribution is 7.09. The molecule has 1 aliphatic carbocycles. The summed E-state index contributed by atoms with van der Waals surface area (Å²) >= 11 is 1.66. The van der Waals surface area contributed by atoms with E-state index in [0.29, 0.717) is 18.5 Å². The van der Waals surface area contributed by atoms with Crippen LogP contribution in [0.1, 0.15) is 64.1 Å². The van der Waals surface area contributed by atoms with Crippen LogP contribution in [-0.2, 0) is 21.5 Å². The van der Waals surface area contributed by atoms with Crippen LogP contribution in [-0.4, -0.2) is 72.7 Å². The van der Waals surface area contributed by atoms with Crippen molar-refractivity contribution < 1.29 is 9.53 Å². The van der Waals surface area contributed by atoms with Crippen LogP contribution in [0.5, 0.6) is 0 Å². The first kappa shape index (κ1) is 23.1. The van der Waals surface area contributed by atoms with E-state index in [1.165, 1.54) is 0 Å². The average molecular weight is 449 g/mol. The van der Waals surface area contributed by atoms with Crippen molar-refractivity contribution in [2.45, 2.75) is 71.4 Å². The normalized spacial score (nSPS) is 30.7. The summed E-state index contributed by atoms with van der Waals surface area (Å²) in [5.41, 5.74) is 0.908. The molecule has 0 unspecified atom stereocenters. The number of carbonyl (C=O) groups excluding carboxylic acids is 1. The third kappa shape index (κ3) is 5.00. The molecule has 0 radical (unpaired) electrons. The number of hydrogen-bond donors (Lipinski definition) is 1. The molecule has 4 rings (SSSR count). The summed E-state index contributed by atoms with van der Waals surface area (Å²) in [6.07, 6.45) is 4.39. The lowest BCUT2D eigenvalue weighted by Crippen LogP contribution is -2.60. The molecule has 1 amide bonds. The van der Waals surface area contributed by atoms with Crippen LogP contribution in [0.25, 0.3) is 0 Å². The first-order valence-electron chi connectivity index (χ1n) is 12.1. The van der Waals surface area contributed by atoms with Crippen LogP contribution in [0.3, 0.4) is 0 Å². The zero-order chi connectivity index (χ0) is 22.1. The summed E-state index contributed by atoms with van der Waals surface area (Å²) in [5, 5.41) is 6.46. The number of morpholine rings is 1. The summed E-state index contributed by atoms with van der Waals surface area (Å²) in [6.45, 7) is 16.1. The van der Waals surface area contributed by atoms with Crippen LogP contribution in [0, 0.1) is 11.3 Å². The molecule has 3 heterocycles. The van der Waals surface area contributed by atoms with Crippen molar-refractivity contribution >= 4 is 17.2 Å². The molecule has 3 fully saturated rings. The quantitative estimate of drug-likeness (QED) is 0.749. The van der Waals surface area contributed by atoms with E-state index in [1.54, 1.807) is 11.3 Å². The molecule has 6 nitrogen and oxygen atoms in total. The van der Waals surface area contributed by atoms with Gasteiger partial charge in [-0.3, -0.25) is 9.69 Å². The third-order valence-corrected chi connectivity index (χ3v) is 8.59. The van der Waals surface area contributed by atoms with E-state index in [-0.39, 0.29) is 16.7 Å². The molecule has 31 heavy (non-hydrogen) atoms. The molecule has 0 aromatic carbocycles. The predicted octanol–water partition coefficient (Wildman–Crippen LogP) is 3.27. The highest BCUT2D eigenvalue weighted by Gasteiger charge is 2.52. The molecule has 1 N–H and O–H groups in total. The van der Waals surface area contributed by atoms with Gasteiger partial charge in [0, 0.05) is 36.5 Å². The molecule has 0 bridgehead atoms. The molecule has 1 aromatic rings. The van der Waals surface area contributed by atoms with Crippen molar-refractivity contribution in [2.75, 3.05) is 45.9 Å². The summed E-state index contributed by atoms with van der Waals surface area (Å²) in [4.78, 5) is 23.6. The molecule has 1 aromatic heterocycles. The van der Waals surface area contributed by atoms with Crippen molar-refractivity contribution in [3.05, 3.63) is 16.1 Å². The fraction of sp³-hybridized carbons (Fsp3) is 0.833. The Bertz CT molecular complexity index is 755. The highest BCUT2D eigenvalue weighted by Crippen LogP contribution is 2.48. The molecule has 3 aliphatic rings. The van der Waals surface area contributed by atoms with E-state index >= 15 is 0 Å². The Kier molecular flexibility index (Phi) is 7.06. The molecule has 7 heteroatoms. The van der Waals surface area contributed by atoms with Crippen molar-refractivity contribution in [1.29, 1.82) is 0 Å². The van der Waals surface area contributed by atoms with Gasteiger partial charge >= 0.3 is 0 Å². The van der Waals surface area contributed by atoms with Gasteiger partial charge in [0.15, 0.2) is 0 Å². The monoisotopic (exact) mass is 448 g/mol. The molecule has 2 saturated heterocycles.